The van der Waals surface area contributed by atoms with Crippen molar-refractivity contribution in [1.29, 1.82) is 0 Å². The first kappa shape index (κ1) is 13.3. The van der Waals surface area contributed by atoms with E-state index in [1.54, 1.807) is 35.1 Å². The van der Waals surface area contributed by atoms with Crippen LogP contribution in [0.2, 0.25) is 5.02 Å². The molecule has 1 aromatic carbocycles. The second-order valence-electron chi connectivity index (χ2n) is 4.30. The van der Waals surface area contributed by atoms with Gasteiger partial charge >= 0.3 is 0 Å². The Morgan fingerprint density at radius 3 is 2.81 bits per heavy atom. The first-order valence-corrected chi connectivity index (χ1v) is 6.59. The van der Waals surface area contributed by atoms with Crippen LogP contribution in [0, 0.1) is 0 Å². The van der Waals surface area contributed by atoms with Crippen molar-refractivity contribution in [3.63, 3.8) is 0 Å². The Morgan fingerprint density at radius 1 is 1.33 bits per heavy atom. The lowest BCUT2D eigenvalue weighted by Gasteiger charge is -2.02. The van der Waals surface area contributed by atoms with Gasteiger partial charge < -0.3 is 5.32 Å². The van der Waals surface area contributed by atoms with E-state index in [4.69, 9.17) is 11.6 Å². The highest BCUT2D eigenvalue weighted by Gasteiger charge is 2.20. The largest absolute Gasteiger partial charge is 0.328 e. The van der Waals surface area contributed by atoms with Gasteiger partial charge in [-0.25, -0.2) is 9.50 Å². The number of hydrogen-bond acceptors (Lipinski definition) is 3. The Bertz CT molecular complexity index is 823. The molecule has 0 atom stereocenters. The molecule has 104 valence electrons. The number of halogens is 1. The molecule has 0 bridgehead atoms. The number of carbonyl (C=O) groups is 1. The molecule has 0 fully saturated rings. The normalized spacial score (nSPS) is 10.5. The van der Waals surface area contributed by atoms with Crippen LogP contribution in [0.25, 0.3) is 16.8 Å². The van der Waals surface area contributed by atoms with E-state index in [2.05, 4.69) is 22.0 Å². The SMILES string of the molecule is C=CNC(=O)c1nn2cccnc2c1-c1ccc(Cl)cc1. The second kappa shape index (κ2) is 5.38. The Balaban J connectivity index is 2.27. The summed E-state index contributed by atoms with van der Waals surface area (Å²) in [6, 6.07) is 8.94. The van der Waals surface area contributed by atoms with Crippen LogP contribution in [0.1, 0.15) is 10.5 Å². The zero-order valence-corrected chi connectivity index (χ0v) is 11.7. The molecule has 3 rings (SSSR count). The summed E-state index contributed by atoms with van der Waals surface area (Å²) in [5, 5.41) is 7.46. The van der Waals surface area contributed by atoms with E-state index in [1.807, 2.05) is 12.1 Å². The van der Waals surface area contributed by atoms with E-state index in [0.717, 1.165) is 5.56 Å². The molecule has 0 saturated heterocycles. The molecule has 0 radical (unpaired) electrons. The predicted octanol–water partition coefficient (Wildman–Crippen LogP) is 2.92. The molecular formula is C15H11ClN4O. The molecule has 0 unspecified atom stereocenters. The van der Waals surface area contributed by atoms with Crippen molar-refractivity contribution in [2.45, 2.75) is 0 Å². The van der Waals surface area contributed by atoms with Gasteiger partial charge in [0.15, 0.2) is 11.3 Å². The summed E-state index contributed by atoms with van der Waals surface area (Å²) in [6.45, 7) is 3.49. The number of rotatable bonds is 3. The summed E-state index contributed by atoms with van der Waals surface area (Å²) in [5.41, 5.74) is 2.37. The first-order valence-electron chi connectivity index (χ1n) is 6.22. The van der Waals surface area contributed by atoms with Crippen molar-refractivity contribution < 1.29 is 4.79 Å². The van der Waals surface area contributed by atoms with Crippen LogP contribution in [0.15, 0.2) is 55.5 Å². The minimum Gasteiger partial charge on any atom is -0.328 e. The fourth-order valence-corrected chi connectivity index (χ4v) is 2.22. The topological polar surface area (TPSA) is 59.3 Å². The summed E-state index contributed by atoms with van der Waals surface area (Å²) < 4.78 is 1.57. The number of benzene rings is 1. The van der Waals surface area contributed by atoms with Crippen LogP contribution >= 0.6 is 11.6 Å². The van der Waals surface area contributed by atoms with Gasteiger partial charge in [0.25, 0.3) is 5.91 Å². The van der Waals surface area contributed by atoms with E-state index >= 15 is 0 Å². The summed E-state index contributed by atoms with van der Waals surface area (Å²) in [6.07, 6.45) is 4.73. The Hall–Kier alpha value is -2.66. The van der Waals surface area contributed by atoms with Crippen LogP contribution in [0.5, 0.6) is 0 Å². The van der Waals surface area contributed by atoms with Gasteiger partial charge in [0, 0.05) is 17.4 Å². The molecule has 0 saturated carbocycles. The number of fused-ring (bicyclic) bond motifs is 1. The van der Waals surface area contributed by atoms with Gasteiger partial charge in [0.1, 0.15) is 0 Å². The van der Waals surface area contributed by atoms with Gasteiger partial charge in [-0.1, -0.05) is 30.3 Å². The average molecular weight is 299 g/mol. The van der Waals surface area contributed by atoms with Gasteiger partial charge in [0.05, 0.1) is 5.56 Å². The summed E-state index contributed by atoms with van der Waals surface area (Å²) in [4.78, 5) is 16.5. The second-order valence-corrected chi connectivity index (χ2v) is 4.73. The molecule has 21 heavy (non-hydrogen) atoms. The van der Waals surface area contributed by atoms with E-state index in [1.165, 1.54) is 6.20 Å². The number of nitrogens with one attached hydrogen (secondary N) is 1. The average Bonchev–Trinajstić information content (AvgIpc) is 2.88. The Morgan fingerprint density at radius 2 is 2.10 bits per heavy atom. The number of nitrogens with zero attached hydrogens (tertiary/aromatic N) is 3. The van der Waals surface area contributed by atoms with Gasteiger partial charge in [-0.15, -0.1) is 0 Å². The fraction of sp³-hybridized carbons (Fsp3) is 0. The molecule has 2 aromatic heterocycles. The van der Waals surface area contributed by atoms with Crippen molar-refractivity contribution in [1.82, 2.24) is 19.9 Å². The molecule has 0 aliphatic rings. The number of carbonyl (C=O) groups excluding carboxylic acids is 1. The summed E-state index contributed by atoms with van der Waals surface area (Å²) in [7, 11) is 0. The lowest BCUT2D eigenvalue weighted by Crippen LogP contribution is -2.18. The molecule has 1 amide bonds. The molecular weight excluding hydrogens is 288 g/mol. The van der Waals surface area contributed by atoms with Crippen LogP contribution in [-0.4, -0.2) is 20.5 Å². The molecule has 2 heterocycles. The maximum Gasteiger partial charge on any atom is 0.276 e. The van der Waals surface area contributed by atoms with Crippen molar-refractivity contribution in [3.8, 4) is 11.1 Å². The zero-order valence-electron chi connectivity index (χ0n) is 11.0. The predicted molar refractivity (Wildman–Crippen MR) is 81.1 cm³/mol. The lowest BCUT2D eigenvalue weighted by molar-refractivity contribution is 0.0965. The summed E-state index contributed by atoms with van der Waals surface area (Å²) >= 11 is 5.91. The summed E-state index contributed by atoms with van der Waals surface area (Å²) in [5.74, 6) is -0.333. The van der Waals surface area contributed by atoms with Gasteiger partial charge in [-0.05, 0) is 30.0 Å². The third-order valence-electron chi connectivity index (χ3n) is 2.98. The van der Waals surface area contributed by atoms with E-state index in [-0.39, 0.29) is 11.6 Å². The Kier molecular flexibility index (Phi) is 3.41. The van der Waals surface area contributed by atoms with Crippen LogP contribution < -0.4 is 5.32 Å². The zero-order chi connectivity index (χ0) is 14.8. The van der Waals surface area contributed by atoms with Crippen LogP contribution in [0.4, 0.5) is 0 Å². The van der Waals surface area contributed by atoms with Crippen molar-refractivity contribution in [2.24, 2.45) is 0 Å². The third kappa shape index (κ3) is 2.39. The highest BCUT2D eigenvalue weighted by Crippen LogP contribution is 2.28. The van der Waals surface area contributed by atoms with Crippen molar-refractivity contribution in [2.75, 3.05) is 0 Å². The van der Waals surface area contributed by atoms with E-state index in [0.29, 0.717) is 16.2 Å². The standard InChI is InChI=1S/C15H11ClN4O/c1-2-17-15(21)13-12(10-4-6-11(16)7-5-10)14-18-8-3-9-20(14)19-13/h2-9H,1H2,(H,17,21). The van der Waals surface area contributed by atoms with Crippen molar-refractivity contribution in [3.05, 3.63) is 66.2 Å². The van der Waals surface area contributed by atoms with Crippen LogP contribution in [0.3, 0.4) is 0 Å². The van der Waals surface area contributed by atoms with E-state index in [9.17, 15) is 4.79 Å². The smallest absolute Gasteiger partial charge is 0.276 e. The number of amides is 1. The van der Waals surface area contributed by atoms with Gasteiger partial charge in [-0.3, -0.25) is 4.79 Å². The number of hydrogen-bond donors (Lipinski definition) is 1. The minimum absolute atomic E-state index is 0.288. The van der Waals surface area contributed by atoms with E-state index < -0.39 is 0 Å². The van der Waals surface area contributed by atoms with Gasteiger partial charge in [0.2, 0.25) is 0 Å². The maximum absolute atomic E-state index is 12.2. The van der Waals surface area contributed by atoms with Gasteiger partial charge in [-0.2, -0.15) is 5.10 Å². The maximum atomic E-state index is 12.2. The first-order chi connectivity index (χ1) is 10.2. The van der Waals surface area contributed by atoms with Crippen LogP contribution in [-0.2, 0) is 0 Å². The highest BCUT2D eigenvalue weighted by atomic mass is 35.5. The fourth-order valence-electron chi connectivity index (χ4n) is 2.09. The Labute approximate surface area is 125 Å². The minimum atomic E-state index is -0.333. The molecule has 0 spiro atoms. The third-order valence-corrected chi connectivity index (χ3v) is 3.23. The lowest BCUT2D eigenvalue weighted by atomic mass is 10.1. The molecule has 1 N–H and O–H groups in total. The molecule has 5 nitrogen and oxygen atoms in total. The quantitative estimate of drug-likeness (QED) is 0.809. The molecule has 0 aliphatic carbocycles. The molecule has 6 heteroatoms. The number of aromatic nitrogens is 3. The molecule has 0 aliphatic heterocycles. The monoisotopic (exact) mass is 298 g/mol. The highest BCUT2D eigenvalue weighted by molar-refractivity contribution is 6.30. The van der Waals surface area contributed by atoms with Crippen molar-refractivity contribution >= 4 is 23.2 Å². The molecule has 3 aromatic rings.